The molecule has 0 aromatic carbocycles. The lowest BCUT2D eigenvalue weighted by Gasteiger charge is -2.48. The fraction of sp³-hybridized carbons (Fsp3) is 0.571. The average Bonchev–Trinajstić information content (AvgIpc) is 2.48. The maximum absolute atomic E-state index is 12.4. The molecule has 18 heavy (non-hydrogen) atoms. The van der Waals surface area contributed by atoms with Gasteiger partial charge in [0.1, 0.15) is 0 Å². The summed E-state index contributed by atoms with van der Waals surface area (Å²) >= 11 is 0. The van der Waals surface area contributed by atoms with Gasteiger partial charge in [0.15, 0.2) is 0 Å². The third-order valence-corrected chi connectivity index (χ3v) is 4.35. The highest BCUT2D eigenvalue weighted by atomic mass is 16.2. The van der Waals surface area contributed by atoms with Crippen LogP contribution in [-0.2, 0) is 0 Å². The summed E-state index contributed by atoms with van der Waals surface area (Å²) in [7, 11) is 1.93. The van der Waals surface area contributed by atoms with Gasteiger partial charge in [-0.25, -0.2) is 0 Å². The second-order valence-electron chi connectivity index (χ2n) is 5.36. The number of nitrogens with zero attached hydrogens (tertiary/aromatic N) is 3. The molecule has 4 heterocycles. The van der Waals surface area contributed by atoms with Crippen molar-refractivity contribution in [2.45, 2.75) is 18.9 Å². The Labute approximate surface area is 108 Å². The highest BCUT2D eigenvalue weighted by Crippen LogP contribution is 2.30. The van der Waals surface area contributed by atoms with Crippen molar-refractivity contribution >= 4 is 5.91 Å². The van der Waals surface area contributed by atoms with Crippen molar-refractivity contribution in [3.05, 3.63) is 30.1 Å². The Kier molecular flexibility index (Phi) is 3.04. The molecular formula is C14H19N3O. The Morgan fingerprint density at radius 1 is 1.44 bits per heavy atom. The van der Waals surface area contributed by atoms with Gasteiger partial charge in [0.05, 0.1) is 5.56 Å². The van der Waals surface area contributed by atoms with E-state index < -0.39 is 0 Å². The van der Waals surface area contributed by atoms with Gasteiger partial charge in [0.25, 0.3) is 5.91 Å². The number of hydrogen-bond donors (Lipinski definition) is 0. The highest BCUT2D eigenvalue weighted by Gasteiger charge is 2.37. The Balaban J connectivity index is 1.75. The molecule has 4 heteroatoms. The van der Waals surface area contributed by atoms with Gasteiger partial charge in [-0.05, 0) is 44.0 Å². The first-order valence-corrected chi connectivity index (χ1v) is 6.65. The fourth-order valence-electron chi connectivity index (χ4n) is 3.22. The van der Waals surface area contributed by atoms with Gasteiger partial charge in [-0.1, -0.05) is 0 Å². The molecular weight excluding hydrogens is 226 g/mol. The molecule has 3 fully saturated rings. The molecule has 4 nitrogen and oxygen atoms in total. The van der Waals surface area contributed by atoms with Crippen LogP contribution in [0.25, 0.3) is 0 Å². The van der Waals surface area contributed by atoms with E-state index in [1.54, 1.807) is 12.4 Å². The van der Waals surface area contributed by atoms with Crippen LogP contribution >= 0.6 is 0 Å². The maximum atomic E-state index is 12.4. The van der Waals surface area contributed by atoms with Crippen LogP contribution in [-0.4, -0.2) is 53.4 Å². The van der Waals surface area contributed by atoms with E-state index in [1.165, 1.54) is 25.9 Å². The third-order valence-electron chi connectivity index (χ3n) is 4.35. The van der Waals surface area contributed by atoms with Gasteiger partial charge >= 0.3 is 0 Å². The van der Waals surface area contributed by atoms with Crippen molar-refractivity contribution in [3.63, 3.8) is 0 Å². The number of piperidine rings is 3. The lowest BCUT2D eigenvalue weighted by molar-refractivity contribution is 0.0162. The standard InChI is InChI=1S/C14H19N3O/c1-16(14(18)12-3-2-6-15-9-12)13-10-17-7-4-11(13)5-8-17/h2-3,6,9,11,13H,4-5,7-8,10H2,1H3. The molecule has 1 aromatic rings. The summed E-state index contributed by atoms with van der Waals surface area (Å²) in [5.41, 5.74) is 0.691. The van der Waals surface area contributed by atoms with Gasteiger partial charge in [-0.3, -0.25) is 9.78 Å². The van der Waals surface area contributed by atoms with E-state index in [1.807, 2.05) is 24.1 Å². The van der Waals surface area contributed by atoms with Crippen LogP contribution in [0, 0.1) is 5.92 Å². The minimum Gasteiger partial charge on any atom is -0.337 e. The Bertz CT molecular complexity index is 426. The molecule has 1 aromatic heterocycles. The first-order chi connectivity index (χ1) is 8.75. The van der Waals surface area contributed by atoms with Gasteiger partial charge in [-0.15, -0.1) is 0 Å². The molecule has 3 aliphatic rings. The number of pyridine rings is 1. The molecule has 3 saturated heterocycles. The van der Waals surface area contributed by atoms with Crippen molar-refractivity contribution in [2.24, 2.45) is 5.92 Å². The summed E-state index contributed by atoms with van der Waals surface area (Å²) in [5, 5.41) is 0. The van der Waals surface area contributed by atoms with Crippen molar-refractivity contribution in [3.8, 4) is 0 Å². The Hall–Kier alpha value is -1.42. The zero-order valence-corrected chi connectivity index (χ0v) is 10.7. The molecule has 3 aliphatic heterocycles. The average molecular weight is 245 g/mol. The quantitative estimate of drug-likeness (QED) is 0.787. The first-order valence-electron chi connectivity index (χ1n) is 6.65. The van der Waals surface area contributed by atoms with Crippen LogP contribution in [0.15, 0.2) is 24.5 Å². The number of carbonyl (C=O) groups is 1. The van der Waals surface area contributed by atoms with E-state index in [0.717, 1.165) is 6.54 Å². The van der Waals surface area contributed by atoms with Crippen molar-refractivity contribution in [1.82, 2.24) is 14.8 Å². The number of carbonyl (C=O) groups excluding carboxylic acids is 1. The monoisotopic (exact) mass is 245 g/mol. The minimum atomic E-state index is 0.0989. The zero-order valence-electron chi connectivity index (χ0n) is 10.7. The molecule has 2 bridgehead atoms. The molecule has 1 amide bonds. The van der Waals surface area contributed by atoms with Crippen molar-refractivity contribution in [1.29, 1.82) is 0 Å². The van der Waals surface area contributed by atoms with Gasteiger partial charge in [0, 0.05) is 32.0 Å². The Morgan fingerprint density at radius 3 is 2.78 bits per heavy atom. The smallest absolute Gasteiger partial charge is 0.255 e. The van der Waals surface area contributed by atoms with E-state index in [-0.39, 0.29) is 5.91 Å². The fourth-order valence-corrected chi connectivity index (χ4v) is 3.22. The maximum Gasteiger partial charge on any atom is 0.255 e. The van der Waals surface area contributed by atoms with Crippen LogP contribution in [0.1, 0.15) is 23.2 Å². The summed E-state index contributed by atoms with van der Waals surface area (Å²) in [4.78, 5) is 20.8. The molecule has 0 N–H and O–H groups in total. The molecule has 0 aliphatic carbocycles. The lowest BCUT2D eigenvalue weighted by Crippen LogP contribution is -2.57. The van der Waals surface area contributed by atoms with E-state index >= 15 is 0 Å². The van der Waals surface area contributed by atoms with Gasteiger partial charge in [0.2, 0.25) is 0 Å². The van der Waals surface area contributed by atoms with Crippen molar-refractivity contribution < 1.29 is 4.79 Å². The number of likely N-dealkylation sites (N-methyl/N-ethyl adjacent to an activating group) is 1. The molecule has 0 radical (unpaired) electrons. The molecule has 96 valence electrons. The second-order valence-corrected chi connectivity index (χ2v) is 5.36. The lowest BCUT2D eigenvalue weighted by atomic mass is 9.83. The van der Waals surface area contributed by atoms with E-state index in [2.05, 4.69) is 9.88 Å². The van der Waals surface area contributed by atoms with Crippen LogP contribution in [0.3, 0.4) is 0 Å². The summed E-state index contributed by atoms with van der Waals surface area (Å²) in [6.45, 7) is 3.44. The summed E-state index contributed by atoms with van der Waals surface area (Å²) in [6, 6.07) is 4.03. The number of fused-ring (bicyclic) bond motifs is 3. The van der Waals surface area contributed by atoms with Crippen LogP contribution < -0.4 is 0 Å². The van der Waals surface area contributed by atoms with Crippen LogP contribution in [0.5, 0.6) is 0 Å². The summed E-state index contributed by atoms with van der Waals surface area (Å²) in [6.07, 6.45) is 5.82. The highest BCUT2D eigenvalue weighted by molar-refractivity contribution is 5.93. The van der Waals surface area contributed by atoms with E-state index in [0.29, 0.717) is 17.5 Å². The second kappa shape index (κ2) is 4.69. The number of rotatable bonds is 2. The summed E-state index contributed by atoms with van der Waals surface area (Å²) in [5.74, 6) is 0.780. The number of aromatic nitrogens is 1. The first kappa shape index (κ1) is 11.7. The van der Waals surface area contributed by atoms with Gasteiger partial charge in [-0.2, -0.15) is 0 Å². The number of amides is 1. The number of hydrogen-bond acceptors (Lipinski definition) is 3. The molecule has 1 atom stereocenters. The largest absolute Gasteiger partial charge is 0.337 e. The van der Waals surface area contributed by atoms with E-state index in [9.17, 15) is 4.79 Å². The minimum absolute atomic E-state index is 0.0989. The molecule has 4 rings (SSSR count). The molecule has 0 spiro atoms. The summed E-state index contributed by atoms with van der Waals surface area (Å²) < 4.78 is 0. The Morgan fingerprint density at radius 2 is 2.22 bits per heavy atom. The normalized spacial score (nSPS) is 30.2. The predicted molar refractivity (Wildman–Crippen MR) is 69.3 cm³/mol. The molecule has 1 unspecified atom stereocenters. The van der Waals surface area contributed by atoms with Crippen LogP contribution in [0.2, 0.25) is 0 Å². The molecule has 0 saturated carbocycles. The van der Waals surface area contributed by atoms with E-state index in [4.69, 9.17) is 0 Å². The van der Waals surface area contributed by atoms with Crippen LogP contribution in [0.4, 0.5) is 0 Å². The third kappa shape index (κ3) is 2.01. The van der Waals surface area contributed by atoms with Gasteiger partial charge < -0.3 is 9.80 Å². The van der Waals surface area contributed by atoms with Crippen molar-refractivity contribution in [2.75, 3.05) is 26.7 Å². The topological polar surface area (TPSA) is 36.4 Å². The zero-order chi connectivity index (χ0) is 12.5. The SMILES string of the molecule is CN(C(=O)c1cccnc1)C1CN2CCC1CC2. The predicted octanol–water partition coefficient (Wildman–Crippen LogP) is 1.25.